The minimum Gasteiger partial charge on any atom is -0.493 e. The predicted octanol–water partition coefficient (Wildman–Crippen LogP) is 3.19. The average molecular weight is 529 g/mol. The van der Waals surface area contributed by atoms with Crippen molar-refractivity contribution >= 4 is 35.1 Å². The number of ether oxygens (including phenoxy) is 2. The smallest absolute Gasteiger partial charge is 0.329 e. The molecular formula is C26H30F2N6O4. The molecule has 202 valence electrons. The number of nitrogens with zero attached hydrogens (tertiary/aromatic N) is 5. The molecule has 1 fully saturated rings. The maximum Gasteiger partial charge on any atom is 0.329 e. The van der Waals surface area contributed by atoms with Crippen molar-refractivity contribution in [2.24, 2.45) is 16.6 Å². The van der Waals surface area contributed by atoms with E-state index in [1.807, 2.05) is 0 Å². The van der Waals surface area contributed by atoms with Gasteiger partial charge in [0.1, 0.15) is 5.69 Å². The maximum absolute atomic E-state index is 15.4. The summed E-state index contributed by atoms with van der Waals surface area (Å²) in [5.41, 5.74) is 8.06. The molecule has 0 radical (unpaired) electrons. The van der Waals surface area contributed by atoms with E-state index in [9.17, 15) is 9.59 Å². The second-order valence-electron chi connectivity index (χ2n) is 9.26. The minimum absolute atomic E-state index is 0.0373. The highest BCUT2D eigenvalue weighted by atomic mass is 19.1. The zero-order valence-corrected chi connectivity index (χ0v) is 21.9. The topological polar surface area (TPSA) is 114 Å². The first kappa shape index (κ1) is 26.8. The minimum atomic E-state index is -1.04. The fraction of sp³-hybridized carbons (Fsp3) is 0.385. The number of aromatic nitrogens is 1. The lowest BCUT2D eigenvalue weighted by Crippen LogP contribution is -2.50. The lowest BCUT2D eigenvalue weighted by molar-refractivity contribution is -0.126. The Bertz CT molecular complexity index is 1310. The molecule has 1 aromatic heterocycles. The quantitative estimate of drug-likeness (QED) is 0.553. The van der Waals surface area contributed by atoms with Crippen molar-refractivity contribution in [1.29, 1.82) is 0 Å². The number of allylic oxidation sites excluding steroid dienone is 2. The Balaban J connectivity index is 1.86. The Kier molecular flexibility index (Phi) is 7.51. The van der Waals surface area contributed by atoms with Crippen molar-refractivity contribution in [3.63, 3.8) is 0 Å². The molecule has 3 heterocycles. The largest absolute Gasteiger partial charge is 0.493 e. The van der Waals surface area contributed by atoms with E-state index in [1.54, 1.807) is 44.4 Å². The summed E-state index contributed by atoms with van der Waals surface area (Å²) in [6.45, 7) is 2.15. The highest BCUT2D eigenvalue weighted by molar-refractivity contribution is 6.11. The molecule has 2 N–H and O–H groups in total. The van der Waals surface area contributed by atoms with Gasteiger partial charge in [-0.3, -0.25) is 24.6 Å². The van der Waals surface area contributed by atoms with Crippen LogP contribution in [0.1, 0.15) is 24.6 Å². The monoisotopic (exact) mass is 528 g/mol. The molecule has 2 aliphatic heterocycles. The standard InChI is InChI=1S/C26H30F2N6O4/c1-14(29)17(10-30-2)18-7-19-16(9-31-18)13-34(25-23(27)20(37-4)8-21(38-5)24(25)28)26(36)33(19)12-15-6-22(35)32(3)11-15/h7-10,15H,6,11-13,29H2,1-5H3. The van der Waals surface area contributed by atoms with Gasteiger partial charge in [-0.1, -0.05) is 0 Å². The van der Waals surface area contributed by atoms with Gasteiger partial charge in [0, 0.05) is 74.8 Å². The lowest BCUT2D eigenvalue weighted by atomic mass is 10.0. The van der Waals surface area contributed by atoms with E-state index in [1.165, 1.54) is 19.1 Å². The Morgan fingerprint density at radius 2 is 1.87 bits per heavy atom. The van der Waals surface area contributed by atoms with Gasteiger partial charge < -0.3 is 20.1 Å². The zero-order chi connectivity index (χ0) is 27.7. The van der Waals surface area contributed by atoms with Crippen molar-refractivity contribution in [2.45, 2.75) is 19.9 Å². The number of methoxy groups -OCH3 is 2. The number of urea groups is 1. The molecule has 0 saturated carbocycles. The molecule has 12 heteroatoms. The van der Waals surface area contributed by atoms with Gasteiger partial charge in [0.15, 0.2) is 23.1 Å². The SMILES string of the molecule is CN=CC(=C(C)N)c1cc2c(cn1)CN(c1c(F)c(OC)cc(OC)c1F)C(=O)N2CC1CC(=O)N(C)C1. The summed E-state index contributed by atoms with van der Waals surface area (Å²) in [4.78, 5) is 38.7. The van der Waals surface area contributed by atoms with Crippen LogP contribution in [0.4, 0.5) is 25.0 Å². The van der Waals surface area contributed by atoms with E-state index in [0.717, 1.165) is 11.0 Å². The van der Waals surface area contributed by atoms with E-state index in [4.69, 9.17) is 15.2 Å². The summed E-state index contributed by atoms with van der Waals surface area (Å²) in [5, 5.41) is 0. The van der Waals surface area contributed by atoms with Crippen LogP contribution in [0.5, 0.6) is 11.5 Å². The normalized spacial score (nSPS) is 18.3. The Morgan fingerprint density at radius 1 is 1.21 bits per heavy atom. The van der Waals surface area contributed by atoms with Gasteiger partial charge in [0.2, 0.25) is 5.91 Å². The number of pyridine rings is 1. The number of carbonyl (C=O) groups is 2. The van der Waals surface area contributed by atoms with E-state index in [2.05, 4.69) is 9.98 Å². The molecule has 4 rings (SSSR count). The van der Waals surface area contributed by atoms with Gasteiger partial charge in [-0.2, -0.15) is 0 Å². The predicted molar refractivity (Wildman–Crippen MR) is 140 cm³/mol. The van der Waals surface area contributed by atoms with Crippen LogP contribution in [0.25, 0.3) is 5.57 Å². The van der Waals surface area contributed by atoms with Crippen LogP contribution in [-0.4, -0.2) is 69.4 Å². The van der Waals surface area contributed by atoms with Crippen LogP contribution in [0, 0.1) is 17.6 Å². The van der Waals surface area contributed by atoms with Crippen molar-refractivity contribution in [2.75, 3.05) is 51.2 Å². The third-order valence-corrected chi connectivity index (χ3v) is 6.68. The molecule has 1 unspecified atom stereocenters. The second-order valence-corrected chi connectivity index (χ2v) is 9.26. The number of benzene rings is 1. The second kappa shape index (κ2) is 10.6. The number of hydrogen-bond acceptors (Lipinski definition) is 7. The van der Waals surface area contributed by atoms with E-state index >= 15 is 8.78 Å². The molecule has 0 bridgehead atoms. The molecule has 2 aromatic rings. The number of anilines is 2. The third kappa shape index (κ3) is 4.73. The van der Waals surface area contributed by atoms with Gasteiger partial charge in [-0.15, -0.1) is 0 Å². The summed E-state index contributed by atoms with van der Waals surface area (Å²) < 4.78 is 41.0. The van der Waals surface area contributed by atoms with Crippen LogP contribution in [0.15, 0.2) is 29.0 Å². The van der Waals surface area contributed by atoms with Crippen molar-refractivity contribution in [3.05, 3.63) is 46.9 Å². The van der Waals surface area contributed by atoms with Gasteiger partial charge in [-0.25, -0.2) is 13.6 Å². The average Bonchev–Trinajstić information content (AvgIpc) is 3.21. The Labute approximate surface area is 219 Å². The molecule has 0 aliphatic carbocycles. The van der Waals surface area contributed by atoms with E-state index in [-0.39, 0.29) is 42.8 Å². The van der Waals surface area contributed by atoms with Crippen LogP contribution in [-0.2, 0) is 11.3 Å². The maximum atomic E-state index is 15.4. The highest BCUT2D eigenvalue weighted by Gasteiger charge is 2.39. The lowest BCUT2D eigenvalue weighted by Gasteiger charge is -2.38. The molecule has 1 atom stereocenters. The summed E-state index contributed by atoms with van der Waals surface area (Å²) in [6.07, 6.45) is 3.37. The van der Waals surface area contributed by atoms with Crippen molar-refractivity contribution in [1.82, 2.24) is 9.88 Å². The van der Waals surface area contributed by atoms with Crippen LogP contribution in [0.3, 0.4) is 0 Å². The first-order valence-corrected chi connectivity index (χ1v) is 11.9. The number of fused-ring (bicyclic) bond motifs is 1. The fourth-order valence-corrected chi connectivity index (χ4v) is 4.78. The third-order valence-electron chi connectivity index (χ3n) is 6.68. The van der Waals surface area contributed by atoms with Crippen molar-refractivity contribution < 1.29 is 27.8 Å². The fourth-order valence-electron chi connectivity index (χ4n) is 4.78. The molecule has 10 nitrogen and oxygen atoms in total. The van der Waals surface area contributed by atoms with Gasteiger partial charge >= 0.3 is 6.03 Å². The first-order chi connectivity index (χ1) is 18.1. The Hall–Kier alpha value is -4.22. The number of amides is 3. The zero-order valence-electron chi connectivity index (χ0n) is 21.9. The molecule has 38 heavy (non-hydrogen) atoms. The summed E-state index contributed by atoms with van der Waals surface area (Å²) in [5.74, 6) is -2.83. The summed E-state index contributed by atoms with van der Waals surface area (Å²) >= 11 is 0. The van der Waals surface area contributed by atoms with Crippen LogP contribution in [0.2, 0.25) is 0 Å². The Morgan fingerprint density at radius 3 is 2.39 bits per heavy atom. The molecular weight excluding hydrogens is 498 g/mol. The number of carbonyl (C=O) groups excluding carboxylic acids is 2. The molecule has 0 spiro atoms. The summed E-state index contributed by atoms with van der Waals surface area (Å²) in [6, 6.07) is 2.13. The van der Waals surface area contributed by atoms with Crippen molar-refractivity contribution in [3.8, 4) is 11.5 Å². The first-order valence-electron chi connectivity index (χ1n) is 11.9. The van der Waals surface area contributed by atoms with Gasteiger partial charge in [0.25, 0.3) is 0 Å². The van der Waals surface area contributed by atoms with E-state index in [0.29, 0.717) is 34.8 Å². The number of aliphatic imine (C=N–C) groups is 1. The number of hydrogen-bond donors (Lipinski definition) is 1. The van der Waals surface area contributed by atoms with Crippen LogP contribution < -0.4 is 25.0 Å². The highest BCUT2D eigenvalue weighted by Crippen LogP contribution is 2.41. The number of rotatable bonds is 7. The van der Waals surface area contributed by atoms with Gasteiger partial charge in [-0.05, 0) is 13.0 Å². The van der Waals surface area contributed by atoms with Gasteiger partial charge in [0.05, 0.1) is 32.1 Å². The molecule has 1 saturated heterocycles. The molecule has 2 aliphatic rings. The summed E-state index contributed by atoms with van der Waals surface area (Å²) in [7, 11) is 5.78. The number of nitrogens with two attached hydrogens (primary N) is 1. The molecule has 3 amide bonds. The van der Waals surface area contributed by atoms with Crippen LogP contribution >= 0.6 is 0 Å². The van der Waals surface area contributed by atoms with E-state index < -0.39 is 23.4 Å². The number of halogens is 2. The molecule has 1 aromatic carbocycles. The number of likely N-dealkylation sites (tertiary alicyclic amines) is 1.